The van der Waals surface area contributed by atoms with Crippen molar-refractivity contribution in [2.24, 2.45) is 11.3 Å². The Balaban J connectivity index is 1.31. The van der Waals surface area contributed by atoms with Gasteiger partial charge in [-0.15, -0.1) is 0 Å². The van der Waals surface area contributed by atoms with E-state index in [1.807, 2.05) is 36.4 Å². The molecule has 2 saturated heterocycles. The van der Waals surface area contributed by atoms with Crippen LogP contribution in [0.4, 0.5) is 0 Å². The Hall–Kier alpha value is -3.88. The molecule has 9 nitrogen and oxygen atoms in total. The van der Waals surface area contributed by atoms with Gasteiger partial charge in [-0.1, -0.05) is 36.4 Å². The van der Waals surface area contributed by atoms with Crippen molar-refractivity contribution in [3.05, 3.63) is 71.8 Å². The van der Waals surface area contributed by atoms with Crippen LogP contribution in [0, 0.1) is 11.3 Å². The molecule has 0 unspecified atom stereocenters. The Bertz CT molecular complexity index is 1220. The first-order valence-corrected chi connectivity index (χ1v) is 13.3. The van der Waals surface area contributed by atoms with Crippen molar-refractivity contribution in [1.29, 1.82) is 0 Å². The van der Waals surface area contributed by atoms with Gasteiger partial charge in [-0.05, 0) is 43.9 Å². The summed E-state index contributed by atoms with van der Waals surface area (Å²) in [5.74, 6) is -1.15. The first kappa shape index (κ1) is 25.8. The second-order valence-electron chi connectivity index (χ2n) is 10.1. The molecule has 9 heteroatoms. The lowest BCUT2D eigenvalue weighted by molar-refractivity contribution is -0.161. The molecular weight excluding hydrogens is 486 g/mol. The maximum Gasteiger partial charge on any atom is 0.318 e. The van der Waals surface area contributed by atoms with Gasteiger partial charge in [-0.3, -0.25) is 19.2 Å². The summed E-state index contributed by atoms with van der Waals surface area (Å²) in [5.41, 5.74) is 0.743. The van der Waals surface area contributed by atoms with E-state index in [9.17, 15) is 19.2 Å². The number of esters is 1. The van der Waals surface area contributed by atoms with Gasteiger partial charge in [-0.25, -0.2) is 0 Å². The second-order valence-corrected chi connectivity index (χ2v) is 10.1. The minimum Gasteiger partial charge on any atom is -0.465 e. The first-order chi connectivity index (χ1) is 18.4. The lowest BCUT2D eigenvalue weighted by atomic mass is 9.71. The van der Waals surface area contributed by atoms with Gasteiger partial charge in [0.15, 0.2) is 5.76 Å². The van der Waals surface area contributed by atoms with E-state index >= 15 is 0 Å². The lowest BCUT2D eigenvalue weighted by Crippen LogP contribution is -2.54. The van der Waals surface area contributed by atoms with Crippen LogP contribution in [0.15, 0.2) is 64.9 Å². The largest absolute Gasteiger partial charge is 0.465 e. The molecule has 1 aromatic carbocycles. The Morgan fingerprint density at radius 1 is 1.03 bits per heavy atom. The smallest absolute Gasteiger partial charge is 0.318 e. The summed E-state index contributed by atoms with van der Waals surface area (Å²) >= 11 is 0. The number of allylic oxidation sites excluding steroid dienone is 1. The van der Waals surface area contributed by atoms with Crippen LogP contribution in [0.25, 0.3) is 0 Å². The molecule has 3 heterocycles. The SMILES string of the molecule is CCOC(=O)[C@]12CCC=C1N(Cc1ccccc1)C(=O)[C@H](CC(=O)N1CCN(C(=O)c3ccco3)CC1)C2. The summed E-state index contributed by atoms with van der Waals surface area (Å²) in [6, 6.07) is 13.0. The number of likely N-dealkylation sites (tertiary alicyclic amines) is 1. The molecule has 3 aliphatic rings. The summed E-state index contributed by atoms with van der Waals surface area (Å²) in [7, 11) is 0. The first-order valence-electron chi connectivity index (χ1n) is 13.3. The summed E-state index contributed by atoms with van der Waals surface area (Å²) < 4.78 is 10.7. The van der Waals surface area contributed by atoms with Crippen molar-refractivity contribution in [1.82, 2.24) is 14.7 Å². The Morgan fingerprint density at radius 3 is 2.45 bits per heavy atom. The number of nitrogens with zero attached hydrogens (tertiary/aromatic N) is 3. The molecule has 0 bridgehead atoms. The minimum absolute atomic E-state index is 0.0185. The predicted octanol–water partition coefficient (Wildman–Crippen LogP) is 3.23. The van der Waals surface area contributed by atoms with Crippen molar-refractivity contribution in [3.63, 3.8) is 0 Å². The van der Waals surface area contributed by atoms with Crippen molar-refractivity contribution < 1.29 is 28.3 Å². The summed E-state index contributed by atoms with van der Waals surface area (Å²) in [6.45, 7) is 3.92. The number of fused-ring (bicyclic) bond motifs is 1. The van der Waals surface area contributed by atoms with Crippen LogP contribution in [-0.2, 0) is 25.7 Å². The van der Waals surface area contributed by atoms with Gasteiger partial charge < -0.3 is 23.9 Å². The number of amides is 3. The molecular formula is C29H33N3O6. The third-order valence-corrected chi connectivity index (χ3v) is 7.82. The summed E-state index contributed by atoms with van der Waals surface area (Å²) in [6.07, 6.45) is 4.97. The van der Waals surface area contributed by atoms with E-state index < -0.39 is 11.3 Å². The van der Waals surface area contributed by atoms with Gasteiger partial charge in [0.25, 0.3) is 5.91 Å². The normalized spacial score (nSPS) is 23.2. The zero-order chi connectivity index (χ0) is 26.7. The van der Waals surface area contributed by atoms with E-state index in [0.717, 1.165) is 5.56 Å². The Morgan fingerprint density at radius 2 is 1.76 bits per heavy atom. The van der Waals surface area contributed by atoms with Gasteiger partial charge in [-0.2, -0.15) is 0 Å². The van der Waals surface area contributed by atoms with Crippen LogP contribution in [0.3, 0.4) is 0 Å². The molecule has 0 saturated carbocycles. The number of ether oxygens (including phenoxy) is 1. The standard InChI is InChI=1S/C29H33N3O6/c1-2-37-28(36)29-12-6-11-24(29)32(20-21-8-4-3-5-9-21)26(34)22(19-29)18-25(33)30-13-15-31(16-14-30)27(35)23-10-7-17-38-23/h3-5,7-11,17,22H,2,6,12-16,18-20H2,1H3/t22-,29+/m1/s1. The number of carbonyl (C=O) groups excluding carboxylic acids is 4. The molecule has 1 aromatic heterocycles. The number of benzene rings is 1. The molecule has 2 fully saturated rings. The fourth-order valence-electron chi connectivity index (χ4n) is 5.90. The third-order valence-electron chi connectivity index (χ3n) is 7.82. The third kappa shape index (κ3) is 4.85. The van der Waals surface area contributed by atoms with Crippen molar-refractivity contribution in [2.75, 3.05) is 32.8 Å². The van der Waals surface area contributed by atoms with Gasteiger partial charge in [0.1, 0.15) is 5.41 Å². The van der Waals surface area contributed by atoms with E-state index in [0.29, 0.717) is 51.3 Å². The van der Waals surface area contributed by atoms with Crippen LogP contribution in [-0.4, -0.2) is 71.2 Å². The maximum atomic E-state index is 13.8. The van der Waals surface area contributed by atoms with E-state index in [4.69, 9.17) is 9.15 Å². The topological polar surface area (TPSA) is 100 Å². The number of hydrogen-bond acceptors (Lipinski definition) is 6. The highest BCUT2D eigenvalue weighted by molar-refractivity contribution is 5.93. The van der Waals surface area contributed by atoms with Crippen molar-refractivity contribution >= 4 is 23.7 Å². The molecule has 38 heavy (non-hydrogen) atoms. The fraction of sp³-hybridized carbons (Fsp3) is 0.448. The number of hydrogen-bond donors (Lipinski definition) is 0. The summed E-state index contributed by atoms with van der Waals surface area (Å²) in [5, 5.41) is 0. The zero-order valence-electron chi connectivity index (χ0n) is 21.6. The van der Waals surface area contributed by atoms with Gasteiger partial charge in [0.2, 0.25) is 11.8 Å². The number of piperazine rings is 1. The zero-order valence-corrected chi connectivity index (χ0v) is 21.6. The average molecular weight is 520 g/mol. The number of furan rings is 1. The van der Waals surface area contributed by atoms with Gasteiger partial charge in [0.05, 0.1) is 19.4 Å². The van der Waals surface area contributed by atoms with Crippen molar-refractivity contribution in [2.45, 2.75) is 39.2 Å². The fourth-order valence-corrected chi connectivity index (χ4v) is 5.90. The number of piperidine rings is 1. The summed E-state index contributed by atoms with van der Waals surface area (Å²) in [4.78, 5) is 58.1. The monoisotopic (exact) mass is 519 g/mol. The Kier molecular flexibility index (Phi) is 7.35. The number of rotatable bonds is 7. The molecule has 3 amide bonds. The van der Waals surface area contributed by atoms with Crippen LogP contribution in [0.2, 0.25) is 0 Å². The minimum atomic E-state index is -0.919. The van der Waals surface area contributed by atoms with E-state index in [1.54, 1.807) is 33.8 Å². The predicted molar refractivity (Wildman–Crippen MR) is 137 cm³/mol. The van der Waals surface area contributed by atoms with E-state index in [1.165, 1.54) is 6.26 Å². The van der Waals surface area contributed by atoms with E-state index in [-0.39, 0.29) is 48.9 Å². The molecule has 0 spiro atoms. The van der Waals surface area contributed by atoms with Crippen LogP contribution >= 0.6 is 0 Å². The average Bonchev–Trinajstić information content (AvgIpc) is 3.63. The molecule has 5 rings (SSSR count). The molecule has 200 valence electrons. The maximum absolute atomic E-state index is 13.8. The second kappa shape index (κ2) is 10.8. The quantitative estimate of drug-likeness (QED) is 0.521. The molecule has 1 aliphatic carbocycles. The van der Waals surface area contributed by atoms with Gasteiger partial charge >= 0.3 is 5.97 Å². The highest BCUT2D eigenvalue weighted by atomic mass is 16.5. The van der Waals surface area contributed by atoms with Crippen molar-refractivity contribution in [3.8, 4) is 0 Å². The van der Waals surface area contributed by atoms with Gasteiger partial charge in [0, 0.05) is 44.2 Å². The van der Waals surface area contributed by atoms with E-state index in [2.05, 4.69) is 0 Å². The molecule has 2 atom stereocenters. The van der Waals surface area contributed by atoms with Crippen LogP contribution < -0.4 is 0 Å². The lowest BCUT2D eigenvalue weighted by Gasteiger charge is -2.44. The van der Waals surface area contributed by atoms with Crippen LogP contribution in [0.1, 0.15) is 48.7 Å². The molecule has 2 aromatic rings. The molecule has 2 aliphatic heterocycles. The Labute approximate surface area is 222 Å². The molecule has 0 N–H and O–H groups in total. The highest BCUT2D eigenvalue weighted by Crippen LogP contribution is 2.51. The number of carbonyl (C=O) groups is 4. The highest BCUT2D eigenvalue weighted by Gasteiger charge is 2.55. The molecule has 0 radical (unpaired) electrons. The van der Waals surface area contributed by atoms with Crippen LogP contribution in [0.5, 0.6) is 0 Å².